The number of hydrogen-bond donors (Lipinski definition) is 1. The van der Waals surface area contributed by atoms with E-state index in [1.165, 1.54) is 32.1 Å². The van der Waals surface area contributed by atoms with Crippen LogP contribution in [-0.4, -0.2) is 5.91 Å². The number of benzene rings is 2. The highest BCUT2D eigenvalue weighted by Gasteiger charge is 2.05. The Hall–Kier alpha value is -1.83. The third kappa shape index (κ3) is 5.18. The molecule has 0 unspecified atom stereocenters. The molecular weight excluding hydrogens is 270 g/mol. The molecule has 118 valence electrons. The largest absolute Gasteiger partial charge is 0.326 e. The van der Waals surface area contributed by atoms with Crippen molar-refractivity contribution in [3.8, 4) is 0 Å². The van der Waals surface area contributed by atoms with Gasteiger partial charge in [-0.05, 0) is 17.9 Å². The number of hydrogen-bond acceptors (Lipinski definition) is 1. The van der Waals surface area contributed by atoms with Crippen molar-refractivity contribution in [2.45, 2.75) is 58.3 Å². The average Bonchev–Trinajstić information content (AvgIpc) is 2.54. The van der Waals surface area contributed by atoms with Gasteiger partial charge in [0, 0.05) is 17.5 Å². The second-order valence-corrected chi connectivity index (χ2v) is 5.95. The lowest BCUT2D eigenvalue weighted by Gasteiger charge is -2.08. The Morgan fingerprint density at radius 2 is 1.55 bits per heavy atom. The molecule has 0 bridgehead atoms. The quantitative estimate of drug-likeness (QED) is 0.572. The molecule has 1 amide bonds. The average molecular weight is 297 g/mol. The maximum Gasteiger partial charge on any atom is 0.224 e. The van der Waals surface area contributed by atoms with E-state index < -0.39 is 0 Å². The van der Waals surface area contributed by atoms with Crippen LogP contribution < -0.4 is 5.32 Å². The van der Waals surface area contributed by atoms with Gasteiger partial charge in [-0.3, -0.25) is 4.79 Å². The first-order valence-electron chi connectivity index (χ1n) is 8.59. The van der Waals surface area contributed by atoms with E-state index in [1.807, 2.05) is 24.3 Å². The van der Waals surface area contributed by atoms with Gasteiger partial charge in [0.25, 0.3) is 0 Å². The molecular formula is C20H27NO. The zero-order valence-electron chi connectivity index (χ0n) is 13.6. The standard InChI is InChI=1S/C20H27NO/c1-2-3-4-5-6-7-8-16-20(22)21-19-15-11-13-17-12-9-10-14-18(17)19/h9-15H,2-8,16H2,1H3,(H,21,22). The van der Waals surface area contributed by atoms with E-state index in [2.05, 4.69) is 30.4 Å². The van der Waals surface area contributed by atoms with Crippen LogP contribution in [0, 0.1) is 0 Å². The van der Waals surface area contributed by atoms with Crippen LogP contribution >= 0.6 is 0 Å². The van der Waals surface area contributed by atoms with E-state index >= 15 is 0 Å². The number of carbonyl (C=O) groups is 1. The molecule has 2 nitrogen and oxygen atoms in total. The predicted octanol–water partition coefficient (Wildman–Crippen LogP) is 5.92. The summed E-state index contributed by atoms with van der Waals surface area (Å²) in [5.41, 5.74) is 0.922. The SMILES string of the molecule is CCCCCCCCCC(=O)Nc1cccc2ccccc12. The van der Waals surface area contributed by atoms with Crippen molar-refractivity contribution in [1.82, 2.24) is 0 Å². The van der Waals surface area contributed by atoms with Crippen LogP contribution in [0.4, 0.5) is 5.69 Å². The summed E-state index contributed by atoms with van der Waals surface area (Å²) in [6, 6.07) is 14.2. The van der Waals surface area contributed by atoms with Gasteiger partial charge in [0.15, 0.2) is 0 Å². The molecule has 0 aliphatic rings. The maximum atomic E-state index is 12.1. The Morgan fingerprint density at radius 3 is 2.36 bits per heavy atom. The van der Waals surface area contributed by atoms with Gasteiger partial charge < -0.3 is 5.32 Å². The summed E-state index contributed by atoms with van der Waals surface area (Å²) in [5, 5.41) is 5.33. The van der Waals surface area contributed by atoms with E-state index in [0.717, 1.165) is 29.3 Å². The van der Waals surface area contributed by atoms with Crippen LogP contribution in [0.25, 0.3) is 10.8 Å². The second-order valence-electron chi connectivity index (χ2n) is 5.95. The van der Waals surface area contributed by atoms with Gasteiger partial charge >= 0.3 is 0 Å². The van der Waals surface area contributed by atoms with Crippen molar-refractivity contribution in [1.29, 1.82) is 0 Å². The van der Waals surface area contributed by atoms with Crippen molar-refractivity contribution in [3.63, 3.8) is 0 Å². The van der Waals surface area contributed by atoms with Crippen LogP contribution in [0.2, 0.25) is 0 Å². The summed E-state index contributed by atoms with van der Waals surface area (Å²) in [4.78, 5) is 12.1. The third-order valence-corrected chi connectivity index (χ3v) is 4.07. The summed E-state index contributed by atoms with van der Waals surface area (Å²) in [6.45, 7) is 2.23. The van der Waals surface area contributed by atoms with E-state index in [1.54, 1.807) is 0 Å². The minimum Gasteiger partial charge on any atom is -0.326 e. The van der Waals surface area contributed by atoms with Gasteiger partial charge in [-0.15, -0.1) is 0 Å². The molecule has 22 heavy (non-hydrogen) atoms. The summed E-state index contributed by atoms with van der Waals surface area (Å²) >= 11 is 0. The monoisotopic (exact) mass is 297 g/mol. The fourth-order valence-corrected chi connectivity index (χ4v) is 2.79. The van der Waals surface area contributed by atoms with E-state index in [0.29, 0.717) is 6.42 Å². The van der Waals surface area contributed by atoms with Crippen LogP contribution in [0.1, 0.15) is 58.3 Å². The molecule has 0 atom stereocenters. The second kappa shape index (κ2) is 9.24. The molecule has 2 rings (SSSR count). The predicted molar refractivity (Wildman–Crippen MR) is 95.2 cm³/mol. The van der Waals surface area contributed by atoms with Crippen molar-refractivity contribution in [2.75, 3.05) is 5.32 Å². The molecule has 0 aliphatic heterocycles. The topological polar surface area (TPSA) is 29.1 Å². The highest BCUT2D eigenvalue weighted by atomic mass is 16.1. The van der Waals surface area contributed by atoms with Crippen molar-refractivity contribution in [2.24, 2.45) is 0 Å². The lowest BCUT2D eigenvalue weighted by atomic mass is 10.1. The number of anilines is 1. The Kier molecular flexibility index (Phi) is 6.95. The number of nitrogens with one attached hydrogen (secondary N) is 1. The molecule has 0 aromatic heterocycles. The van der Waals surface area contributed by atoms with Crippen LogP contribution in [0.5, 0.6) is 0 Å². The number of fused-ring (bicyclic) bond motifs is 1. The van der Waals surface area contributed by atoms with Crippen molar-refractivity contribution >= 4 is 22.4 Å². The molecule has 0 spiro atoms. The first-order valence-corrected chi connectivity index (χ1v) is 8.59. The highest BCUT2D eigenvalue weighted by Crippen LogP contribution is 2.23. The molecule has 2 aromatic carbocycles. The molecule has 0 saturated heterocycles. The summed E-state index contributed by atoms with van der Waals surface area (Å²) in [5.74, 6) is 0.130. The minimum absolute atomic E-state index is 0.130. The lowest BCUT2D eigenvalue weighted by molar-refractivity contribution is -0.116. The van der Waals surface area contributed by atoms with E-state index in [4.69, 9.17) is 0 Å². The summed E-state index contributed by atoms with van der Waals surface area (Å²) in [6.07, 6.45) is 9.28. The Morgan fingerprint density at radius 1 is 0.864 bits per heavy atom. The van der Waals surface area contributed by atoms with E-state index in [9.17, 15) is 4.79 Å². The molecule has 2 heteroatoms. The zero-order chi connectivity index (χ0) is 15.6. The molecule has 2 aromatic rings. The number of amides is 1. The van der Waals surface area contributed by atoms with Gasteiger partial charge in [-0.25, -0.2) is 0 Å². The van der Waals surface area contributed by atoms with Gasteiger partial charge in [-0.1, -0.05) is 81.8 Å². The number of carbonyl (C=O) groups excluding carboxylic acids is 1. The smallest absolute Gasteiger partial charge is 0.224 e. The first-order chi connectivity index (χ1) is 10.8. The lowest BCUT2D eigenvalue weighted by Crippen LogP contribution is -2.11. The normalized spacial score (nSPS) is 10.8. The van der Waals surface area contributed by atoms with Gasteiger partial charge in [0.2, 0.25) is 5.91 Å². The first kappa shape index (κ1) is 16.5. The van der Waals surface area contributed by atoms with Gasteiger partial charge in [0.05, 0.1) is 0 Å². The summed E-state index contributed by atoms with van der Waals surface area (Å²) in [7, 11) is 0. The molecule has 0 heterocycles. The Labute approximate surface area is 133 Å². The van der Waals surface area contributed by atoms with Crippen molar-refractivity contribution < 1.29 is 4.79 Å². The minimum atomic E-state index is 0.130. The van der Waals surface area contributed by atoms with E-state index in [-0.39, 0.29) is 5.91 Å². The molecule has 0 fully saturated rings. The third-order valence-electron chi connectivity index (χ3n) is 4.07. The fourth-order valence-electron chi connectivity index (χ4n) is 2.79. The van der Waals surface area contributed by atoms with Crippen LogP contribution in [0.15, 0.2) is 42.5 Å². The molecule has 0 aliphatic carbocycles. The Bertz CT molecular complexity index is 586. The molecule has 0 radical (unpaired) electrons. The van der Waals surface area contributed by atoms with Gasteiger partial charge in [-0.2, -0.15) is 0 Å². The van der Waals surface area contributed by atoms with Crippen LogP contribution in [0.3, 0.4) is 0 Å². The summed E-state index contributed by atoms with van der Waals surface area (Å²) < 4.78 is 0. The maximum absolute atomic E-state index is 12.1. The number of unbranched alkanes of at least 4 members (excludes halogenated alkanes) is 6. The van der Waals surface area contributed by atoms with Crippen molar-refractivity contribution in [3.05, 3.63) is 42.5 Å². The molecule has 1 N–H and O–H groups in total. The fraction of sp³-hybridized carbons (Fsp3) is 0.450. The zero-order valence-corrected chi connectivity index (χ0v) is 13.6. The number of rotatable bonds is 9. The molecule has 0 saturated carbocycles. The van der Waals surface area contributed by atoms with Gasteiger partial charge in [0.1, 0.15) is 0 Å². The van der Waals surface area contributed by atoms with Crippen LogP contribution in [-0.2, 0) is 4.79 Å². The highest BCUT2D eigenvalue weighted by molar-refractivity contribution is 6.02. The Balaban J connectivity index is 1.75.